The zero-order valence-electron chi connectivity index (χ0n) is 10.9. The van der Waals surface area contributed by atoms with Crippen molar-refractivity contribution >= 4 is 6.03 Å². The van der Waals surface area contributed by atoms with Gasteiger partial charge in [0.1, 0.15) is 0 Å². The molecule has 18 heavy (non-hydrogen) atoms. The zero-order chi connectivity index (χ0) is 12.4. The average Bonchev–Trinajstić information content (AvgIpc) is 3.16. The summed E-state index contributed by atoms with van der Waals surface area (Å²) in [4.78, 5) is 16.4. The lowest BCUT2D eigenvalue weighted by Gasteiger charge is -2.27. The van der Waals surface area contributed by atoms with E-state index < -0.39 is 0 Å². The minimum atomic E-state index is 0.0863. The lowest BCUT2D eigenvalue weighted by molar-refractivity contribution is 0.0530. The highest BCUT2D eigenvalue weighted by atomic mass is 16.5. The Morgan fingerprint density at radius 2 is 1.94 bits per heavy atom. The van der Waals surface area contributed by atoms with Crippen LogP contribution in [0.3, 0.4) is 0 Å². The molecule has 0 aromatic heterocycles. The third kappa shape index (κ3) is 2.95. The summed E-state index contributed by atoms with van der Waals surface area (Å²) >= 11 is 0. The fourth-order valence-electron chi connectivity index (χ4n) is 2.91. The Labute approximate surface area is 108 Å². The van der Waals surface area contributed by atoms with Crippen molar-refractivity contribution in [3.05, 3.63) is 0 Å². The van der Waals surface area contributed by atoms with E-state index in [0.29, 0.717) is 19.1 Å². The number of amides is 2. The van der Waals surface area contributed by atoms with Gasteiger partial charge in [-0.3, -0.25) is 0 Å². The van der Waals surface area contributed by atoms with E-state index in [0.717, 1.165) is 25.7 Å². The maximum atomic E-state index is 11.9. The van der Waals surface area contributed by atoms with Crippen LogP contribution in [0.2, 0.25) is 0 Å². The number of nitrogens with one attached hydrogen (secondary N) is 1. The van der Waals surface area contributed by atoms with Crippen LogP contribution in [0.15, 0.2) is 0 Å². The van der Waals surface area contributed by atoms with E-state index in [-0.39, 0.29) is 6.03 Å². The van der Waals surface area contributed by atoms with Crippen molar-refractivity contribution in [2.45, 2.75) is 25.3 Å². The Morgan fingerprint density at radius 1 is 1.17 bits per heavy atom. The first-order valence-corrected chi connectivity index (χ1v) is 7.17. The van der Waals surface area contributed by atoms with E-state index in [9.17, 15) is 4.79 Å². The van der Waals surface area contributed by atoms with Gasteiger partial charge in [0.05, 0.1) is 13.2 Å². The fraction of sp³-hybridized carbons (Fsp3) is 0.923. The third-order valence-electron chi connectivity index (χ3n) is 4.22. The molecule has 3 rings (SSSR count). The van der Waals surface area contributed by atoms with Crippen LogP contribution in [-0.4, -0.2) is 67.8 Å². The van der Waals surface area contributed by atoms with Crippen LogP contribution in [-0.2, 0) is 4.74 Å². The molecule has 0 radical (unpaired) electrons. The molecule has 3 aliphatic rings. The topological polar surface area (TPSA) is 44.8 Å². The van der Waals surface area contributed by atoms with Crippen LogP contribution in [0.1, 0.15) is 19.3 Å². The number of carbonyl (C=O) groups excluding carboxylic acids is 1. The number of ether oxygens (including phenoxy) is 1. The summed E-state index contributed by atoms with van der Waals surface area (Å²) in [5.41, 5.74) is 0. The molecule has 5 nitrogen and oxygen atoms in total. The van der Waals surface area contributed by atoms with Gasteiger partial charge in [0, 0.05) is 32.2 Å². The van der Waals surface area contributed by atoms with Crippen LogP contribution in [0, 0.1) is 5.92 Å². The van der Waals surface area contributed by atoms with E-state index in [2.05, 4.69) is 10.2 Å². The van der Waals surface area contributed by atoms with Crippen LogP contribution in [0.5, 0.6) is 0 Å². The number of hydrogen-bond acceptors (Lipinski definition) is 3. The van der Waals surface area contributed by atoms with Crippen molar-refractivity contribution in [3.63, 3.8) is 0 Å². The standard InChI is InChI=1S/C13H23N3O2/c17-13(15-5-7-18-8-6-15)14-9-11-3-4-16(10-11)12-1-2-12/h11-12H,1-10H2,(H,14,17). The van der Waals surface area contributed by atoms with Gasteiger partial charge in [0.25, 0.3) is 0 Å². The molecular weight excluding hydrogens is 230 g/mol. The van der Waals surface area contributed by atoms with Gasteiger partial charge in [-0.15, -0.1) is 0 Å². The molecule has 1 aliphatic carbocycles. The number of rotatable bonds is 3. The minimum absolute atomic E-state index is 0.0863. The van der Waals surface area contributed by atoms with E-state index in [1.165, 1.54) is 32.4 Å². The molecule has 1 unspecified atom stereocenters. The van der Waals surface area contributed by atoms with Crippen LogP contribution in [0.4, 0.5) is 4.79 Å². The lowest BCUT2D eigenvalue weighted by Crippen LogP contribution is -2.47. The van der Waals surface area contributed by atoms with E-state index in [1.807, 2.05) is 4.90 Å². The van der Waals surface area contributed by atoms with Crippen molar-refractivity contribution < 1.29 is 9.53 Å². The first-order valence-electron chi connectivity index (χ1n) is 7.17. The van der Waals surface area contributed by atoms with Crippen LogP contribution < -0.4 is 5.32 Å². The molecule has 1 atom stereocenters. The summed E-state index contributed by atoms with van der Waals surface area (Å²) in [6.45, 7) is 6.03. The highest BCUT2D eigenvalue weighted by Gasteiger charge is 2.34. The van der Waals surface area contributed by atoms with Gasteiger partial charge >= 0.3 is 6.03 Å². The fourth-order valence-corrected chi connectivity index (χ4v) is 2.91. The van der Waals surface area contributed by atoms with Gasteiger partial charge < -0.3 is 19.9 Å². The van der Waals surface area contributed by atoms with Gasteiger partial charge in [0.2, 0.25) is 0 Å². The monoisotopic (exact) mass is 253 g/mol. The van der Waals surface area contributed by atoms with E-state index >= 15 is 0 Å². The molecule has 0 bridgehead atoms. The summed E-state index contributed by atoms with van der Waals surface area (Å²) in [7, 11) is 0. The molecule has 1 saturated carbocycles. The third-order valence-corrected chi connectivity index (χ3v) is 4.22. The zero-order valence-corrected chi connectivity index (χ0v) is 10.9. The number of morpholine rings is 1. The first kappa shape index (κ1) is 12.2. The van der Waals surface area contributed by atoms with Gasteiger partial charge in [0.15, 0.2) is 0 Å². The SMILES string of the molecule is O=C(NCC1CCN(C2CC2)C1)N1CCOCC1. The Kier molecular flexibility index (Phi) is 3.70. The van der Waals surface area contributed by atoms with Crippen molar-refractivity contribution in [2.24, 2.45) is 5.92 Å². The molecule has 2 amide bonds. The van der Waals surface area contributed by atoms with Gasteiger partial charge in [-0.25, -0.2) is 4.79 Å². The number of likely N-dealkylation sites (tertiary alicyclic amines) is 1. The molecule has 1 N–H and O–H groups in total. The second kappa shape index (κ2) is 5.45. The molecule has 5 heteroatoms. The molecule has 0 spiro atoms. The predicted octanol–water partition coefficient (Wildman–Crippen LogP) is 0.512. The minimum Gasteiger partial charge on any atom is -0.378 e. The quantitative estimate of drug-likeness (QED) is 0.797. The van der Waals surface area contributed by atoms with Crippen molar-refractivity contribution in [1.82, 2.24) is 15.1 Å². The molecule has 0 aromatic rings. The van der Waals surface area contributed by atoms with Crippen molar-refractivity contribution in [2.75, 3.05) is 45.9 Å². The van der Waals surface area contributed by atoms with Gasteiger partial charge in [-0.2, -0.15) is 0 Å². The maximum absolute atomic E-state index is 11.9. The largest absolute Gasteiger partial charge is 0.378 e. The molecule has 2 saturated heterocycles. The van der Waals surface area contributed by atoms with Crippen LogP contribution >= 0.6 is 0 Å². The lowest BCUT2D eigenvalue weighted by atomic mass is 10.1. The molecule has 2 heterocycles. The average molecular weight is 253 g/mol. The normalized spacial score (nSPS) is 29.6. The van der Waals surface area contributed by atoms with E-state index in [4.69, 9.17) is 4.74 Å². The summed E-state index contributed by atoms with van der Waals surface area (Å²) in [5.74, 6) is 0.649. The predicted molar refractivity (Wildman–Crippen MR) is 68.5 cm³/mol. The molecule has 3 fully saturated rings. The molecule has 2 aliphatic heterocycles. The Balaban J connectivity index is 1.37. The highest BCUT2D eigenvalue weighted by molar-refractivity contribution is 5.74. The molecule has 102 valence electrons. The number of nitrogens with zero attached hydrogens (tertiary/aromatic N) is 2. The second-order valence-electron chi connectivity index (χ2n) is 5.67. The summed E-state index contributed by atoms with van der Waals surface area (Å²) in [6.07, 6.45) is 4.00. The van der Waals surface area contributed by atoms with Crippen molar-refractivity contribution in [1.29, 1.82) is 0 Å². The number of hydrogen-bond donors (Lipinski definition) is 1. The number of carbonyl (C=O) groups is 1. The summed E-state index contributed by atoms with van der Waals surface area (Å²) in [5, 5.41) is 3.08. The smallest absolute Gasteiger partial charge is 0.317 e. The van der Waals surface area contributed by atoms with Gasteiger partial charge in [-0.05, 0) is 31.7 Å². The molecule has 0 aromatic carbocycles. The van der Waals surface area contributed by atoms with Crippen LogP contribution in [0.25, 0.3) is 0 Å². The Bertz CT molecular complexity index is 301. The highest BCUT2D eigenvalue weighted by Crippen LogP contribution is 2.31. The second-order valence-corrected chi connectivity index (χ2v) is 5.67. The first-order chi connectivity index (χ1) is 8.83. The van der Waals surface area contributed by atoms with Gasteiger partial charge in [-0.1, -0.05) is 0 Å². The van der Waals surface area contributed by atoms with E-state index in [1.54, 1.807) is 0 Å². The summed E-state index contributed by atoms with van der Waals surface area (Å²) in [6, 6.07) is 0.952. The maximum Gasteiger partial charge on any atom is 0.317 e. The molecular formula is C13H23N3O2. The Hall–Kier alpha value is -0.810. The van der Waals surface area contributed by atoms with Crippen molar-refractivity contribution in [3.8, 4) is 0 Å². The number of urea groups is 1. The Morgan fingerprint density at radius 3 is 2.67 bits per heavy atom. The summed E-state index contributed by atoms with van der Waals surface area (Å²) < 4.78 is 5.25.